The predicted octanol–water partition coefficient (Wildman–Crippen LogP) is 0.814. The third kappa shape index (κ3) is 8.05. The number of nitrogens with one attached hydrogen (secondary N) is 1. The van der Waals surface area contributed by atoms with Gasteiger partial charge in [0.05, 0.1) is 13.2 Å². The molecule has 0 saturated carbocycles. The molecule has 10 nitrogen and oxygen atoms in total. The summed E-state index contributed by atoms with van der Waals surface area (Å²) in [6.45, 7) is 5.29. The molecule has 1 fully saturated rings. The Balaban J connectivity index is 2.25. The Hall–Kier alpha value is -2.02. The summed E-state index contributed by atoms with van der Waals surface area (Å²) in [7, 11) is 0. The number of rotatable bonds is 12. The fourth-order valence-electron chi connectivity index (χ4n) is 3.27. The summed E-state index contributed by atoms with van der Waals surface area (Å²) in [6.07, 6.45) is 2.82. The largest absolute Gasteiger partial charge is 0.480 e. The molecule has 0 spiro atoms. The van der Waals surface area contributed by atoms with Crippen molar-refractivity contribution in [2.24, 2.45) is 0 Å². The van der Waals surface area contributed by atoms with Crippen molar-refractivity contribution in [3.05, 3.63) is 45.4 Å². The Kier molecular flexibility index (Phi) is 10.7. The van der Waals surface area contributed by atoms with Gasteiger partial charge in [0.25, 0.3) is 5.56 Å². The summed E-state index contributed by atoms with van der Waals surface area (Å²) >= 11 is 1.28. The van der Waals surface area contributed by atoms with E-state index >= 15 is 0 Å². The van der Waals surface area contributed by atoms with Gasteiger partial charge >= 0.3 is 5.97 Å². The Labute approximate surface area is 197 Å². The number of nitrogens with zero attached hydrogens (tertiary/aromatic N) is 2. The molecule has 2 rings (SSSR count). The van der Waals surface area contributed by atoms with E-state index in [2.05, 4.69) is 30.2 Å². The molecule has 1 saturated heterocycles. The second-order valence-corrected chi connectivity index (χ2v) is 9.16. The minimum Gasteiger partial charge on any atom is -0.480 e. The van der Waals surface area contributed by atoms with Gasteiger partial charge in [-0.15, -0.1) is 0 Å². The third-order valence-corrected chi connectivity index (χ3v) is 6.00. The molecule has 184 valence electrons. The molecule has 4 atom stereocenters. The fraction of sp³-hybridized carbons (Fsp3) is 0.591. The van der Waals surface area contributed by atoms with Gasteiger partial charge in [0.2, 0.25) is 0 Å². The van der Waals surface area contributed by atoms with Gasteiger partial charge in [-0.3, -0.25) is 14.2 Å². The van der Waals surface area contributed by atoms with Crippen LogP contribution in [0.1, 0.15) is 45.4 Å². The van der Waals surface area contributed by atoms with Gasteiger partial charge < -0.3 is 30.5 Å². The number of carbonyl (C=O) groups is 1. The number of aromatic nitrogens is 2. The van der Waals surface area contributed by atoms with Gasteiger partial charge in [0.15, 0.2) is 11.4 Å². The van der Waals surface area contributed by atoms with Crippen LogP contribution in [0.4, 0.5) is 0 Å². The van der Waals surface area contributed by atoms with Crippen LogP contribution < -0.4 is 10.9 Å². The Morgan fingerprint density at radius 2 is 2.00 bits per heavy atom. The van der Waals surface area contributed by atoms with E-state index in [1.165, 1.54) is 33.7 Å². The molecule has 11 heteroatoms. The number of hydrogen-bond donors (Lipinski definition) is 5. The highest BCUT2D eigenvalue weighted by molar-refractivity contribution is 7.99. The summed E-state index contributed by atoms with van der Waals surface area (Å²) < 4.78 is 7.08. The number of hydrogen-bond acceptors (Lipinski definition) is 9. The topological polar surface area (TPSA) is 154 Å². The molecule has 0 amide bonds. The molecule has 0 unspecified atom stereocenters. The number of carboxylic acid groups (broad SMARTS) is 1. The van der Waals surface area contributed by atoms with Crippen molar-refractivity contribution >= 4 is 17.7 Å². The van der Waals surface area contributed by atoms with E-state index in [1.807, 2.05) is 13.0 Å². The molecular weight excluding hydrogens is 450 g/mol. The number of aliphatic hydroxyl groups is 3. The summed E-state index contributed by atoms with van der Waals surface area (Å²) in [6, 6.07) is 0. The lowest BCUT2D eigenvalue weighted by Gasteiger charge is -2.22. The third-order valence-electron chi connectivity index (χ3n) is 5.11. The van der Waals surface area contributed by atoms with Gasteiger partial charge in [0, 0.05) is 24.1 Å². The first-order valence-corrected chi connectivity index (χ1v) is 11.7. The van der Waals surface area contributed by atoms with Crippen molar-refractivity contribution in [1.29, 1.82) is 0 Å². The fourth-order valence-corrected chi connectivity index (χ4v) is 4.24. The van der Waals surface area contributed by atoms with Crippen LogP contribution >= 0.6 is 11.8 Å². The molecule has 5 N–H and O–H groups in total. The maximum Gasteiger partial charge on any atom is 0.317 e. The van der Waals surface area contributed by atoms with Gasteiger partial charge in [0.1, 0.15) is 18.3 Å². The van der Waals surface area contributed by atoms with E-state index in [9.17, 15) is 24.9 Å². The molecule has 0 bridgehead atoms. The summed E-state index contributed by atoms with van der Waals surface area (Å²) in [5.41, 5.74) is 2.12. The van der Waals surface area contributed by atoms with Gasteiger partial charge in [-0.25, -0.2) is 0 Å². The first kappa shape index (κ1) is 27.2. The van der Waals surface area contributed by atoms with E-state index in [0.29, 0.717) is 5.75 Å². The van der Waals surface area contributed by atoms with Gasteiger partial charge in [-0.2, -0.15) is 4.98 Å². The van der Waals surface area contributed by atoms with Crippen LogP contribution in [-0.2, 0) is 16.1 Å². The van der Waals surface area contributed by atoms with Crippen molar-refractivity contribution < 1.29 is 30.0 Å². The van der Waals surface area contributed by atoms with Crippen molar-refractivity contribution in [1.82, 2.24) is 14.9 Å². The summed E-state index contributed by atoms with van der Waals surface area (Å²) in [5.74, 6) is -0.538. The minimum absolute atomic E-state index is 0.0404. The second kappa shape index (κ2) is 13.0. The van der Waals surface area contributed by atoms with Crippen LogP contribution in [0, 0.1) is 0 Å². The Bertz CT molecular complexity index is 927. The lowest BCUT2D eigenvalue weighted by Crippen LogP contribution is -2.34. The van der Waals surface area contributed by atoms with Gasteiger partial charge in [-0.1, -0.05) is 35.1 Å². The Morgan fingerprint density at radius 1 is 1.27 bits per heavy atom. The number of thioether (sulfide) groups is 1. The number of ether oxygens (including phenoxy) is 1. The standard InChI is InChI=1S/C22H33N3O7S/c1-13(2)5-4-6-14(3)7-8-33-22-24-20(31)15(9-23-10-17(27)28)11-25(22)21-19(30)18(29)16(12-26)32-21/h5,7,11,16,18-19,21,23,26,29-30H,4,6,8-10,12H2,1-3H3,(H,27,28)/b14-7+/t16-,18-,19-,21-/m1/s1. The predicted molar refractivity (Wildman–Crippen MR) is 124 cm³/mol. The number of aliphatic hydroxyl groups excluding tert-OH is 3. The first-order chi connectivity index (χ1) is 15.6. The lowest BCUT2D eigenvalue weighted by atomic mass is 10.1. The highest BCUT2D eigenvalue weighted by atomic mass is 32.2. The maximum atomic E-state index is 12.5. The van der Waals surface area contributed by atoms with Crippen LogP contribution in [0.3, 0.4) is 0 Å². The lowest BCUT2D eigenvalue weighted by molar-refractivity contribution is -0.136. The zero-order chi connectivity index (χ0) is 24.5. The van der Waals surface area contributed by atoms with Crippen molar-refractivity contribution in [3.8, 4) is 0 Å². The number of allylic oxidation sites excluding steroid dienone is 3. The molecule has 1 aromatic heterocycles. The zero-order valence-electron chi connectivity index (χ0n) is 19.1. The van der Waals surface area contributed by atoms with Crippen molar-refractivity contribution in [2.75, 3.05) is 18.9 Å². The van der Waals surface area contributed by atoms with Crippen LogP contribution in [-0.4, -0.2) is 73.2 Å². The quantitative estimate of drug-likeness (QED) is 0.164. The van der Waals surface area contributed by atoms with E-state index in [1.54, 1.807) is 0 Å². The van der Waals surface area contributed by atoms with E-state index in [-0.39, 0.29) is 23.8 Å². The van der Waals surface area contributed by atoms with Gasteiger partial charge in [-0.05, 0) is 33.6 Å². The molecule has 0 aliphatic carbocycles. The van der Waals surface area contributed by atoms with E-state index in [0.717, 1.165) is 12.8 Å². The molecule has 1 aliphatic rings. The molecule has 1 aromatic rings. The second-order valence-electron chi connectivity index (χ2n) is 8.17. The number of aliphatic carboxylic acids is 1. The molecule has 2 heterocycles. The van der Waals surface area contributed by atoms with E-state index in [4.69, 9.17) is 9.84 Å². The van der Waals surface area contributed by atoms with Crippen LogP contribution in [0.2, 0.25) is 0 Å². The van der Waals surface area contributed by atoms with Crippen LogP contribution in [0.25, 0.3) is 0 Å². The highest BCUT2D eigenvalue weighted by Gasteiger charge is 2.44. The van der Waals surface area contributed by atoms with Crippen LogP contribution in [0.15, 0.2) is 39.4 Å². The zero-order valence-corrected chi connectivity index (χ0v) is 19.9. The normalized spacial score (nSPS) is 23.0. The average Bonchev–Trinajstić information content (AvgIpc) is 3.03. The van der Waals surface area contributed by atoms with Crippen molar-refractivity contribution in [3.63, 3.8) is 0 Å². The average molecular weight is 484 g/mol. The number of carboxylic acids is 1. The Morgan fingerprint density at radius 3 is 2.61 bits per heavy atom. The maximum absolute atomic E-state index is 12.5. The minimum atomic E-state index is -1.34. The highest BCUT2D eigenvalue weighted by Crippen LogP contribution is 2.32. The molecular formula is C22H33N3O7S. The van der Waals surface area contributed by atoms with E-state index < -0.39 is 42.7 Å². The first-order valence-electron chi connectivity index (χ1n) is 10.7. The monoisotopic (exact) mass is 483 g/mol. The SMILES string of the molecule is CC(C)=CCC/C(C)=C/CSc1nc(=O)c(CNCC(=O)O)cn1[C@@H]1O[C@H](CO)[C@@H](O)[C@H]1O. The molecule has 1 aliphatic heterocycles. The summed E-state index contributed by atoms with van der Waals surface area (Å²) in [5, 5.41) is 41.7. The smallest absolute Gasteiger partial charge is 0.317 e. The molecule has 33 heavy (non-hydrogen) atoms. The van der Waals surface area contributed by atoms with Crippen molar-refractivity contribution in [2.45, 2.75) is 69.9 Å². The van der Waals surface area contributed by atoms with Crippen LogP contribution in [0.5, 0.6) is 0 Å². The summed E-state index contributed by atoms with van der Waals surface area (Å²) in [4.78, 5) is 27.4. The molecule has 0 aromatic carbocycles. The molecule has 0 radical (unpaired) electrons.